The van der Waals surface area contributed by atoms with Crippen LogP contribution in [0.25, 0.3) is 10.9 Å². The van der Waals surface area contributed by atoms with E-state index in [4.69, 9.17) is 10.00 Å². The van der Waals surface area contributed by atoms with E-state index in [1.807, 2.05) is 13.0 Å². The van der Waals surface area contributed by atoms with Crippen molar-refractivity contribution in [2.75, 3.05) is 11.9 Å². The van der Waals surface area contributed by atoms with E-state index in [9.17, 15) is 14.4 Å². The summed E-state index contributed by atoms with van der Waals surface area (Å²) in [6.07, 6.45) is -0.00170. The molecule has 142 valence electrons. The molecule has 0 unspecified atom stereocenters. The lowest BCUT2D eigenvalue weighted by atomic mass is 10.2. The average molecular weight is 378 g/mol. The molecule has 0 fully saturated rings. The van der Waals surface area contributed by atoms with Crippen LogP contribution in [-0.4, -0.2) is 22.1 Å². The van der Waals surface area contributed by atoms with Crippen LogP contribution in [0.5, 0.6) is 5.75 Å². The predicted octanol–water partition coefficient (Wildman–Crippen LogP) is 1.99. The molecule has 2 N–H and O–H groups in total. The van der Waals surface area contributed by atoms with Gasteiger partial charge in [-0.1, -0.05) is 12.1 Å². The van der Waals surface area contributed by atoms with Crippen molar-refractivity contribution in [1.29, 1.82) is 5.26 Å². The van der Waals surface area contributed by atoms with Crippen molar-refractivity contribution in [2.45, 2.75) is 19.9 Å². The number of aromatic amines is 1. The minimum atomic E-state index is -0.571. The number of hydrogen-bond donors (Lipinski definition) is 2. The highest BCUT2D eigenvalue weighted by Crippen LogP contribution is 2.26. The van der Waals surface area contributed by atoms with Crippen molar-refractivity contribution in [1.82, 2.24) is 9.55 Å². The first-order valence-corrected chi connectivity index (χ1v) is 8.72. The Labute approximate surface area is 160 Å². The van der Waals surface area contributed by atoms with Gasteiger partial charge in [0.2, 0.25) is 5.91 Å². The largest absolute Gasteiger partial charge is 0.492 e. The fraction of sp³-hybridized carbons (Fsp3) is 0.200. The molecule has 0 spiro atoms. The van der Waals surface area contributed by atoms with Crippen molar-refractivity contribution in [2.24, 2.45) is 0 Å². The molecule has 8 nitrogen and oxygen atoms in total. The summed E-state index contributed by atoms with van der Waals surface area (Å²) in [6, 6.07) is 13.5. The van der Waals surface area contributed by atoms with E-state index in [-0.39, 0.29) is 18.9 Å². The molecule has 0 aliphatic heterocycles. The maximum absolute atomic E-state index is 12.4. The van der Waals surface area contributed by atoms with Gasteiger partial charge in [0.1, 0.15) is 5.75 Å². The number of H-pyrrole nitrogens is 1. The number of carbonyl (C=O) groups excluding carboxylic acids is 1. The first-order valence-electron chi connectivity index (χ1n) is 8.72. The molecule has 3 rings (SSSR count). The Morgan fingerprint density at radius 2 is 2.04 bits per heavy atom. The summed E-state index contributed by atoms with van der Waals surface area (Å²) >= 11 is 0. The number of hydrogen-bond acceptors (Lipinski definition) is 5. The highest BCUT2D eigenvalue weighted by atomic mass is 16.5. The van der Waals surface area contributed by atoms with Gasteiger partial charge in [-0.15, -0.1) is 0 Å². The van der Waals surface area contributed by atoms with E-state index in [0.29, 0.717) is 34.5 Å². The quantitative estimate of drug-likeness (QED) is 0.680. The number of amides is 1. The van der Waals surface area contributed by atoms with E-state index in [1.165, 1.54) is 10.6 Å². The van der Waals surface area contributed by atoms with Gasteiger partial charge in [-0.3, -0.25) is 19.1 Å². The number of carbonyl (C=O) groups is 1. The van der Waals surface area contributed by atoms with Gasteiger partial charge in [0.15, 0.2) is 0 Å². The number of benzene rings is 2. The van der Waals surface area contributed by atoms with Gasteiger partial charge in [-0.2, -0.15) is 5.26 Å². The molecule has 1 aromatic heterocycles. The molecule has 0 aliphatic carbocycles. The summed E-state index contributed by atoms with van der Waals surface area (Å²) in [4.78, 5) is 38.7. The second kappa shape index (κ2) is 8.22. The molecule has 0 atom stereocenters. The number of aromatic nitrogens is 2. The second-order valence-corrected chi connectivity index (χ2v) is 5.98. The van der Waals surface area contributed by atoms with E-state index in [1.54, 1.807) is 36.4 Å². The van der Waals surface area contributed by atoms with Crippen LogP contribution in [0.2, 0.25) is 0 Å². The Balaban J connectivity index is 1.81. The lowest BCUT2D eigenvalue weighted by Crippen LogP contribution is -2.31. The Bertz CT molecular complexity index is 1190. The summed E-state index contributed by atoms with van der Waals surface area (Å²) < 4.78 is 6.82. The van der Waals surface area contributed by atoms with Gasteiger partial charge in [0.25, 0.3) is 5.56 Å². The van der Waals surface area contributed by atoms with Crippen molar-refractivity contribution in [3.05, 3.63) is 68.9 Å². The van der Waals surface area contributed by atoms with Gasteiger partial charge in [0.05, 0.1) is 34.8 Å². The van der Waals surface area contributed by atoms with Crippen LogP contribution in [-0.2, 0) is 11.3 Å². The third-order valence-corrected chi connectivity index (χ3v) is 4.15. The van der Waals surface area contributed by atoms with Crippen LogP contribution < -0.4 is 21.3 Å². The van der Waals surface area contributed by atoms with Crippen molar-refractivity contribution in [3.8, 4) is 11.8 Å². The third kappa shape index (κ3) is 3.94. The third-order valence-electron chi connectivity index (χ3n) is 4.15. The van der Waals surface area contributed by atoms with Crippen LogP contribution in [0, 0.1) is 11.3 Å². The SMILES string of the molecule is CCOc1ccc(C#N)cc1NC(=O)CCn1c(=O)[nH]c(=O)c2ccccc21. The van der Waals surface area contributed by atoms with Crippen LogP contribution in [0.4, 0.5) is 5.69 Å². The molecule has 8 heteroatoms. The highest BCUT2D eigenvalue weighted by Gasteiger charge is 2.12. The van der Waals surface area contributed by atoms with Crippen LogP contribution in [0.1, 0.15) is 18.9 Å². The average Bonchev–Trinajstić information content (AvgIpc) is 2.69. The lowest BCUT2D eigenvalue weighted by Gasteiger charge is -2.13. The molecular formula is C20H18N4O4. The highest BCUT2D eigenvalue weighted by molar-refractivity contribution is 5.92. The van der Waals surface area contributed by atoms with E-state index >= 15 is 0 Å². The number of anilines is 1. The smallest absolute Gasteiger partial charge is 0.328 e. The predicted molar refractivity (Wildman–Crippen MR) is 104 cm³/mol. The van der Waals surface area contributed by atoms with Gasteiger partial charge in [-0.05, 0) is 37.3 Å². The number of fused-ring (bicyclic) bond motifs is 1. The molecule has 28 heavy (non-hydrogen) atoms. The standard InChI is InChI=1S/C20H18N4O4/c1-2-28-17-8-7-13(12-21)11-15(17)22-18(25)9-10-24-16-6-4-3-5-14(16)19(26)23-20(24)27/h3-8,11H,2,9-10H2,1H3,(H,22,25)(H,23,26,27). The van der Waals surface area contributed by atoms with Crippen molar-refractivity contribution < 1.29 is 9.53 Å². The zero-order valence-electron chi connectivity index (χ0n) is 15.2. The molecule has 0 aliphatic rings. The Hall–Kier alpha value is -3.86. The minimum Gasteiger partial charge on any atom is -0.492 e. The second-order valence-electron chi connectivity index (χ2n) is 5.98. The van der Waals surface area contributed by atoms with Crippen LogP contribution >= 0.6 is 0 Å². The fourth-order valence-corrected chi connectivity index (χ4v) is 2.87. The summed E-state index contributed by atoms with van der Waals surface area (Å²) in [5, 5.41) is 12.1. The molecule has 0 saturated carbocycles. The van der Waals surface area contributed by atoms with Crippen LogP contribution in [0.3, 0.4) is 0 Å². The monoisotopic (exact) mass is 378 g/mol. The van der Waals surface area contributed by atoms with Gasteiger partial charge in [-0.25, -0.2) is 4.79 Å². The number of ether oxygens (including phenoxy) is 1. The van der Waals surface area contributed by atoms with E-state index in [0.717, 1.165) is 0 Å². The molecule has 0 radical (unpaired) electrons. The Kier molecular flexibility index (Phi) is 5.56. The maximum Gasteiger partial charge on any atom is 0.328 e. The van der Waals surface area contributed by atoms with E-state index < -0.39 is 11.2 Å². The first kappa shape index (κ1) is 18.9. The molecule has 3 aromatic rings. The Morgan fingerprint density at radius 3 is 2.79 bits per heavy atom. The number of rotatable bonds is 6. The maximum atomic E-state index is 12.4. The number of aryl methyl sites for hydroxylation is 1. The summed E-state index contributed by atoms with van der Waals surface area (Å²) in [7, 11) is 0. The number of nitrogens with zero attached hydrogens (tertiary/aromatic N) is 2. The molecule has 1 heterocycles. The number of para-hydroxylation sites is 1. The lowest BCUT2D eigenvalue weighted by molar-refractivity contribution is -0.116. The normalized spacial score (nSPS) is 10.4. The van der Waals surface area contributed by atoms with Crippen molar-refractivity contribution in [3.63, 3.8) is 0 Å². The summed E-state index contributed by atoms with van der Waals surface area (Å²) in [6.45, 7) is 2.31. The van der Waals surface area contributed by atoms with E-state index in [2.05, 4.69) is 10.3 Å². The number of nitrogens with one attached hydrogen (secondary N) is 2. The number of nitriles is 1. The van der Waals surface area contributed by atoms with Gasteiger partial charge < -0.3 is 10.1 Å². The fourth-order valence-electron chi connectivity index (χ4n) is 2.87. The van der Waals surface area contributed by atoms with Crippen molar-refractivity contribution >= 4 is 22.5 Å². The first-order chi connectivity index (χ1) is 13.5. The summed E-state index contributed by atoms with van der Waals surface area (Å²) in [5.74, 6) is 0.111. The minimum absolute atomic E-state index is 0.00170. The van der Waals surface area contributed by atoms with Crippen LogP contribution in [0.15, 0.2) is 52.1 Å². The molecule has 1 amide bonds. The molecule has 2 aromatic carbocycles. The van der Waals surface area contributed by atoms with Gasteiger partial charge >= 0.3 is 5.69 Å². The topological polar surface area (TPSA) is 117 Å². The molecule has 0 bridgehead atoms. The zero-order chi connectivity index (χ0) is 20.1. The van der Waals surface area contributed by atoms with Gasteiger partial charge in [0, 0.05) is 13.0 Å². The molecular weight excluding hydrogens is 360 g/mol. The summed E-state index contributed by atoms with van der Waals surface area (Å²) in [5.41, 5.74) is 0.214. The molecule has 0 saturated heterocycles. The zero-order valence-corrected chi connectivity index (χ0v) is 15.2. The Morgan fingerprint density at radius 1 is 1.25 bits per heavy atom.